The number of nitrogens with zero attached hydrogens (tertiary/aromatic N) is 3. The Balaban J connectivity index is 2.14. The molecule has 0 aliphatic heterocycles. The molecule has 3 aromatic rings. The van der Waals surface area contributed by atoms with Gasteiger partial charge in [0.2, 0.25) is 0 Å². The summed E-state index contributed by atoms with van der Waals surface area (Å²) in [5.41, 5.74) is -0.213. The van der Waals surface area contributed by atoms with Crippen molar-refractivity contribution in [1.82, 2.24) is 13.7 Å². The Morgan fingerprint density at radius 3 is 2.27 bits per heavy atom. The summed E-state index contributed by atoms with van der Waals surface area (Å²) < 4.78 is 3.73. The lowest BCUT2D eigenvalue weighted by molar-refractivity contribution is 0.469. The molecule has 0 spiro atoms. The maximum absolute atomic E-state index is 13.1. The highest BCUT2D eigenvalue weighted by Crippen LogP contribution is 2.37. The van der Waals surface area contributed by atoms with Crippen LogP contribution in [0.2, 0.25) is 0 Å². The van der Waals surface area contributed by atoms with Crippen LogP contribution in [0.25, 0.3) is 11.0 Å². The Morgan fingerprint density at radius 1 is 1.00 bits per heavy atom. The van der Waals surface area contributed by atoms with Crippen LogP contribution in [0.15, 0.2) is 44.7 Å². The SMILES string of the molecule is Cn1c(=O)c2c(O)c(Cc3ccccc3)c(=O)n(C3CC3)c2n(C)c1=O. The van der Waals surface area contributed by atoms with Crippen molar-refractivity contribution in [3.63, 3.8) is 0 Å². The normalized spacial score (nSPS) is 14.1. The molecule has 2 aromatic heterocycles. The molecular weight excluding hydrogens is 334 g/mol. The van der Waals surface area contributed by atoms with Gasteiger partial charge < -0.3 is 5.11 Å². The van der Waals surface area contributed by atoms with Crippen LogP contribution in [-0.4, -0.2) is 18.8 Å². The first kappa shape index (κ1) is 16.4. The molecule has 7 nitrogen and oxygen atoms in total. The van der Waals surface area contributed by atoms with Crippen LogP contribution in [0.1, 0.15) is 30.0 Å². The van der Waals surface area contributed by atoms with Gasteiger partial charge in [-0.2, -0.15) is 0 Å². The van der Waals surface area contributed by atoms with Crippen molar-refractivity contribution >= 4 is 11.0 Å². The Bertz CT molecular complexity index is 1200. The zero-order chi connectivity index (χ0) is 18.6. The number of hydrogen-bond donors (Lipinski definition) is 1. The average Bonchev–Trinajstić information content (AvgIpc) is 3.47. The van der Waals surface area contributed by atoms with E-state index in [1.54, 1.807) is 0 Å². The molecule has 2 heterocycles. The molecular formula is C19H19N3O4. The summed E-state index contributed by atoms with van der Waals surface area (Å²) >= 11 is 0. The van der Waals surface area contributed by atoms with Gasteiger partial charge in [-0.15, -0.1) is 0 Å². The van der Waals surface area contributed by atoms with Crippen molar-refractivity contribution < 1.29 is 5.11 Å². The first-order valence-corrected chi connectivity index (χ1v) is 8.51. The summed E-state index contributed by atoms with van der Waals surface area (Å²) in [6.45, 7) is 0. The zero-order valence-corrected chi connectivity index (χ0v) is 14.6. The fourth-order valence-electron chi connectivity index (χ4n) is 3.45. The standard InChI is InChI=1S/C19H19N3O4/c1-20-16-14(18(25)21(2)19(20)26)15(23)13(10-11-6-4-3-5-7-11)17(24)22(16)12-8-9-12/h3-7,12,23H,8-10H2,1-2H3. The van der Waals surface area contributed by atoms with Gasteiger partial charge in [-0.1, -0.05) is 30.3 Å². The van der Waals surface area contributed by atoms with Crippen molar-refractivity contribution in [3.05, 3.63) is 72.7 Å². The predicted octanol–water partition coefficient (Wildman–Crippen LogP) is 1.03. The van der Waals surface area contributed by atoms with Crippen molar-refractivity contribution in [2.45, 2.75) is 25.3 Å². The molecule has 0 saturated heterocycles. The molecule has 1 saturated carbocycles. The van der Waals surface area contributed by atoms with Gasteiger partial charge in [0.15, 0.2) is 0 Å². The topological polar surface area (TPSA) is 86.2 Å². The smallest absolute Gasteiger partial charge is 0.332 e. The van der Waals surface area contributed by atoms with Gasteiger partial charge in [-0.05, 0) is 18.4 Å². The van der Waals surface area contributed by atoms with E-state index in [1.807, 2.05) is 30.3 Å². The van der Waals surface area contributed by atoms with E-state index in [9.17, 15) is 19.5 Å². The van der Waals surface area contributed by atoms with E-state index in [0.29, 0.717) is 0 Å². The summed E-state index contributed by atoms with van der Waals surface area (Å²) in [5, 5.41) is 10.8. The van der Waals surface area contributed by atoms with Crippen LogP contribution in [0.3, 0.4) is 0 Å². The van der Waals surface area contributed by atoms with Crippen LogP contribution in [0.5, 0.6) is 5.75 Å². The summed E-state index contributed by atoms with van der Waals surface area (Å²) in [4.78, 5) is 38.2. The highest BCUT2D eigenvalue weighted by molar-refractivity contribution is 5.83. The van der Waals surface area contributed by atoms with E-state index < -0.39 is 11.2 Å². The largest absolute Gasteiger partial charge is 0.506 e. The molecule has 1 N–H and O–H groups in total. The molecule has 0 bridgehead atoms. The maximum atomic E-state index is 13.1. The first-order valence-electron chi connectivity index (χ1n) is 8.51. The Kier molecular flexibility index (Phi) is 3.61. The zero-order valence-electron chi connectivity index (χ0n) is 14.6. The Hall–Kier alpha value is -3.09. The van der Waals surface area contributed by atoms with E-state index in [1.165, 1.54) is 23.2 Å². The van der Waals surface area contributed by atoms with Gasteiger partial charge >= 0.3 is 5.69 Å². The maximum Gasteiger partial charge on any atom is 0.332 e. The minimum atomic E-state index is -0.593. The number of fused-ring (bicyclic) bond motifs is 1. The number of aromatic nitrogens is 3. The van der Waals surface area contributed by atoms with Crippen molar-refractivity contribution in [2.24, 2.45) is 14.1 Å². The fourth-order valence-corrected chi connectivity index (χ4v) is 3.45. The molecule has 7 heteroatoms. The van der Waals surface area contributed by atoms with E-state index in [-0.39, 0.29) is 40.4 Å². The molecule has 0 atom stereocenters. The summed E-state index contributed by atoms with van der Waals surface area (Å²) in [6, 6.07) is 9.27. The van der Waals surface area contributed by atoms with Crippen LogP contribution in [-0.2, 0) is 20.5 Å². The van der Waals surface area contributed by atoms with E-state index in [0.717, 1.165) is 23.0 Å². The third kappa shape index (κ3) is 2.31. The molecule has 0 radical (unpaired) electrons. The molecule has 0 unspecified atom stereocenters. The van der Waals surface area contributed by atoms with Gasteiger partial charge in [0, 0.05) is 26.6 Å². The van der Waals surface area contributed by atoms with Crippen molar-refractivity contribution in [3.8, 4) is 5.75 Å². The van der Waals surface area contributed by atoms with E-state index >= 15 is 0 Å². The lowest BCUT2D eigenvalue weighted by atomic mass is 10.0. The third-order valence-electron chi connectivity index (χ3n) is 5.00. The molecule has 0 amide bonds. The molecule has 134 valence electrons. The van der Waals surface area contributed by atoms with Crippen LogP contribution in [0.4, 0.5) is 0 Å². The van der Waals surface area contributed by atoms with Crippen LogP contribution >= 0.6 is 0 Å². The third-order valence-corrected chi connectivity index (χ3v) is 5.00. The lowest BCUT2D eigenvalue weighted by Gasteiger charge is -2.17. The van der Waals surface area contributed by atoms with Gasteiger partial charge in [-0.25, -0.2) is 4.79 Å². The molecule has 1 aliphatic carbocycles. The fraction of sp³-hybridized carbons (Fsp3) is 0.316. The lowest BCUT2D eigenvalue weighted by Crippen LogP contribution is -2.40. The van der Waals surface area contributed by atoms with Gasteiger partial charge in [0.1, 0.15) is 16.8 Å². The minimum absolute atomic E-state index is 0.0204. The predicted molar refractivity (Wildman–Crippen MR) is 97.9 cm³/mol. The second-order valence-electron chi connectivity index (χ2n) is 6.80. The molecule has 1 aromatic carbocycles. The van der Waals surface area contributed by atoms with Crippen LogP contribution < -0.4 is 16.8 Å². The molecule has 1 fully saturated rings. The molecule has 4 rings (SSSR count). The van der Waals surface area contributed by atoms with Crippen molar-refractivity contribution in [1.29, 1.82) is 0 Å². The monoisotopic (exact) mass is 353 g/mol. The van der Waals surface area contributed by atoms with Gasteiger partial charge in [-0.3, -0.25) is 23.3 Å². The number of hydrogen-bond acceptors (Lipinski definition) is 4. The van der Waals surface area contributed by atoms with Gasteiger partial charge in [0.25, 0.3) is 11.1 Å². The van der Waals surface area contributed by atoms with Crippen molar-refractivity contribution in [2.75, 3.05) is 0 Å². The quantitative estimate of drug-likeness (QED) is 0.762. The Labute approximate surface area is 148 Å². The first-order chi connectivity index (χ1) is 12.4. The number of rotatable bonds is 3. The van der Waals surface area contributed by atoms with Crippen LogP contribution in [0, 0.1) is 0 Å². The summed E-state index contributed by atoms with van der Waals surface area (Å²) in [7, 11) is 2.88. The highest BCUT2D eigenvalue weighted by atomic mass is 16.3. The summed E-state index contributed by atoms with van der Waals surface area (Å²) in [5.74, 6) is -0.332. The summed E-state index contributed by atoms with van der Waals surface area (Å²) in [6.07, 6.45) is 1.85. The van der Waals surface area contributed by atoms with E-state index in [2.05, 4.69) is 0 Å². The van der Waals surface area contributed by atoms with E-state index in [4.69, 9.17) is 0 Å². The Morgan fingerprint density at radius 2 is 1.65 bits per heavy atom. The molecule has 1 aliphatic rings. The number of aryl methyl sites for hydroxylation is 1. The highest BCUT2D eigenvalue weighted by Gasteiger charge is 2.31. The molecule has 26 heavy (non-hydrogen) atoms. The number of pyridine rings is 1. The van der Waals surface area contributed by atoms with Gasteiger partial charge in [0.05, 0.1) is 5.56 Å². The number of aromatic hydroxyl groups is 1. The number of benzene rings is 1. The second-order valence-corrected chi connectivity index (χ2v) is 6.80. The minimum Gasteiger partial charge on any atom is -0.506 e. The second kappa shape index (κ2) is 5.72. The average molecular weight is 353 g/mol.